The molecule has 0 aromatic rings. The van der Waals surface area contributed by atoms with Gasteiger partial charge in [-0.2, -0.15) is 0 Å². The van der Waals surface area contributed by atoms with Crippen molar-refractivity contribution in [3.8, 4) is 0 Å². The van der Waals surface area contributed by atoms with Crippen molar-refractivity contribution in [1.82, 2.24) is 15.1 Å². The molecule has 20 heavy (non-hydrogen) atoms. The Balaban J connectivity index is 1.49. The van der Waals surface area contributed by atoms with Crippen LogP contribution in [0.15, 0.2) is 0 Å². The molecule has 0 aromatic carbocycles. The van der Waals surface area contributed by atoms with Crippen LogP contribution in [0.3, 0.4) is 0 Å². The number of rotatable bonds is 1. The van der Waals surface area contributed by atoms with Gasteiger partial charge in [0.2, 0.25) is 0 Å². The van der Waals surface area contributed by atoms with Gasteiger partial charge < -0.3 is 10.2 Å². The van der Waals surface area contributed by atoms with Crippen molar-refractivity contribution >= 4 is 6.03 Å². The zero-order valence-corrected chi connectivity index (χ0v) is 13.2. The van der Waals surface area contributed by atoms with Gasteiger partial charge in [0.05, 0.1) is 0 Å². The van der Waals surface area contributed by atoms with Crippen LogP contribution in [0.4, 0.5) is 4.79 Å². The maximum absolute atomic E-state index is 12.5. The third kappa shape index (κ3) is 2.67. The van der Waals surface area contributed by atoms with Gasteiger partial charge in [-0.3, -0.25) is 4.90 Å². The van der Waals surface area contributed by atoms with E-state index in [-0.39, 0.29) is 11.6 Å². The molecule has 114 valence electrons. The van der Waals surface area contributed by atoms with E-state index < -0.39 is 0 Å². The summed E-state index contributed by atoms with van der Waals surface area (Å²) in [6.07, 6.45) is 7.07. The summed E-state index contributed by atoms with van der Waals surface area (Å²) in [5, 5.41) is 3.29. The zero-order valence-electron chi connectivity index (χ0n) is 13.2. The molecule has 0 atom stereocenters. The van der Waals surface area contributed by atoms with Crippen LogP contribution in [-0.2, 0) is 0 Å². The molecule has 0 radical (unpaired) electrons. The highest BCUT2D eigenvalue weighted by atomic mass is 16.2. The Morgan fingerprint density at radius 1 is 0.950 bits per heavy atom. The van der Waals surface area contributed by atoms with Crippen molar-refractivity contribution in [3.05, 3.63) is 0 Å². The topological polar surface area (TPSA) is 35.6 Å². The van der Waals surface area contributed by atoms with E-state index in [4.69, 9.17) is 0 Å². The van der Waals surface area contributed by atoms with Gasteiger partial charge in [0.25, 0.3) is 0 Å². The van der Waals surface area contributed by atoms with E-state index in [9.17, 15) is 4.79 Å². The maximum Gasteiger partial charge on any atom is 0.318 e. The van der Waals surface area contributed by atoms with E-state index in [0.29, 0.717) is 18.1 Å². The first-order valence-electron chi connectivity index (χ1n) is 8.29. The molecule has 0 aromatic heterocycles. The molecule has 0 unspecified atom stereocenters. The lowest BCUT2D eigenvalue weighted by Gasteiger charge is -2.41. The molecular formula is C16H29N3O. The molecule has 0 spiro atoms. The van der Waals surface area contributed by atoms with Gasteiger partial charge in [-0.05, 0) is 59.3 Å². The third-order valence-electron chi connectivity index (χ3n) is 5.46. The largest absolute Gasteiger partial charge is 0.335 e. The Morgan fingerprint density at radius 3 is 1.90 bits per heavy atom. The normalized spacial score (nSPS) is 31.9. The molecule has 3 aliphatic rings. The molecule has 4 nitrogen and oxygen atoms in total. The highest BCUT2D eigenvalue weighted by Crippen LogP contribution is 2.37. The number of hydrogen-bond donors (Lipinski definition) is 1. The van der Waals surface area contributed by atoms with Gasteiger partial charge in [-0.25, -0.2) is 4.79 Å². The molecule has 4 heteroatoms. The minimum Gasteiger partial charge on any atom is -0.335 e. The maximum atomic E-state index is 12.5. The molecule has 3 heterocycles. The van der Waals surface area contributed by atoms with Crippen molar-refractivity contribution < 1.29 is 4.79 Å². The Labute approximate surface area is 122 Å². The summed E-state index contributed by atoms with van der Waals surface area (Å²) in [6.45, 7) is 9.01. The number of nitrogens with zero attached hydrogens (tertiary/aromatic N) is 2. The lowest BCUT2D eigenvalue weighted by molar-refractivity contribution is 0.0955. The van der Waals surface area contributed by atoms with Crippen molar-refractivity contribution in [2.75, 3.05) is 13.1 Å². The summed E-state index contributed by atoms with van der Waals surface area (Å²) in [7, 11) is 0. The monoisotopic (exact) mass is 279 g/mol. The van der Waals surface area contributed by atoms with E-state index >= 15 is 0 Å². The SMILES string of the molecule is CC(C)(C)N1CCC(NC(=O)N2C3CCC2CC3)CC1. The Kier molecular flexibility index (Phi) is 3.69. The van der Waals surface area contributed by atoms with E-state index in [2.05, 4.69) is 35.9 Å². The summed E-state index contributed by atoms with van der Waals surface area (Å²) in [4.78, 5) is 17.1. The van der Waals surface area contributed by atoms with Crippen LogP contribution in [0.2, 0.25) is 0 Å². The molecule has 1 N–H and O–H groups in total. The molecule has 3 rings (SSSR count). The minimum atomic E-state index is 0.212. The minimum absolute atomic E-state index is 0.212. The number of fused-ring (bicyclic) bond motifs is 2. The van der Waals surface area contributed by atoms with Gasteiger partial charge in [0, 0.05) is 36.8 Å². The second kappa shape index (κ2) is 5.21. The van der Waals surface area contributed by atoms with Crippen molar-refractivity contribution in [2.24, 2.45) is 0 Å². The highest BCUT2D eigenvalue weighted by molar-refractivity contribution is 5.76. The Morgan fingerprint density at radius 2 is 1.45 bits per heavy atom. The first kappa shape index (κ1) is 14.2. The van der Waals surface area contributed by atoms with Crippen LogP contribution in [0.5, 0.6) is 0 Å². The molecule has 0 saturated carbocycles. The molecule has 3 aliphatic heterocycles. The molecule has 3 saturated heterocycles. The van der Waals surface area contributed by atoms with Gasteiger partial charge in [0.15, 0.2) is 0 Å². The first-order valence-corrected chi connectivity index (χ1v) is 8.29. The van der Waals surface area contributed by atoms with Gasteiger partial charge in [0.1, 0.15) is 0 Å². The molecule has 2 amide bonds. The number of urea groups is 1. The predicted molar refractivity (Wildman–Crippen MR) is 80.8 cm³/mol. The number of carbonyl (C=O) groups excluding carboxylic acids is 1. The average Bonchev–Trinajstić information content (AvgIpc) is 2.98. The number of carbonyl (C=O) groups is 1. The predicted octanol–water partition coefficient (Wildman–Crippen LogP) is 2.59. The quantitative estimate of drug-likeness (QED) is 0.801. The summed E-state index contributed by atoms with van der Waals surface area (Å²) in [5.74, 6) is 0. The number of amides is 2. The fraction of sp³-hybridized carbons (Fsp3) is 0.938. The van der Waals surface area contributed by atoms with Gasteiger partial charge >= 0.3 is 6.03 Å². The summed E-state index contributed by atoms with van der Waals surface area (Å²) >= 11 is 0. The third-order valence-corrected chi connectivity index (χ3v) is 5.46. The van der Waals surface area contributed by atoms with Gasteiger partial charge in [-0.15, -0.1) is 0 Å². The Hall–Kier alpha value is -0.770. The number of hydrogen-bond acceptors (Lipinski definition) is 2. The standard InChI is InChI=1S/C16H29N3O/c1-16(2,3)18-10-8-12(9-11-18)17-15(20)19-13-4-5-14(19)7-6-13/h12-14H,4-11H2,1-3H3,(H,17,20). The van der Waals surface area contributed by atoms with Crippen LogP contribution in [0, 0.1) is 0 Å². The molecular weight excluding hydrogens is 250 g/mol. The first-order chi connectivity index (χ1) is 9.45. The summed E-state index contributed by atoms with van der Waals surface area (Å²) in [5.41, 5.74) is 0.253. The summed E-state index contributed by atoms with van der Waals surface area (Å²) < 4.78 is 0. The van der Waals surface area contributed by atoms with Crippen LogP contribution < -0.4 is 5.32 Å². The average molecular weight is 279 g/mol. The van der Waals surface area contributed by atoms with Crippen molar-refractivity contribution in [2.45, 2.75) is 83.0 Å². The van der Waals surface area contributed by atoms with E-state index in [0.717, 1.165) is 25.9 Å². The second-order valence-electron chi connectivity index (χ2n) is 7.75. The van der Waals surface area contributed by atoms with E-state index in [1.54, 1.807) is 0 Å². The fourth-order valence-corrected chi connectivity index (χ4v) is 4.19. The second-order valence-corrected chi connectivity index (χ2v) is 7.75. The smallest absolute Gasteiger partial charge is 0.318 e. The van der Waals surface area contributed by atoms with Crippen LogP contribution in [0.1, 0.15) is 59.3 Å². The summed E-state index contributed by atoms with van der Waals surface area (Å²) in [6, 6.07) is 1.66. The highest BCUT2D eigenvalue weighted by Gasteiger charge is 2.42. The molecule has 3 fully saturated rings. The van der Waals surface area contributed by atoms with Gasteiger partial charge in [-0.1, -0.05) is 0 Å². The number of piperidine rings is 1. The fourth-order valence-electron chi connectivity index (χ4n) is 4.19. The number of likely N-dealkylation sites (tertiary alicyclic amines) is 1. The van der Waals surface area contributed by atoms with Crippen molar-refractivity contribution in [1.29, 1.82) is 0 Å². The van der Waals surface area contributed by atoms with Crippen LogP contribution in [0.25, 0.3) is 0 Å². The Bertz CT molecular complexity index is 348. The van der Waals surface area contributed by atoms with Crippen LogP contribution >= 0.6 is 0 Å². The molecule has 0 aliphatic carbocycles. The van der Waals surface area contributed by atoms with E-state index in [1.165, 1.54) is 25.7 Å². The lowest BCUT2D eigenvalue weighted by Crippen LogP contribution is -2.53. The van der Waals surface area contributed by atoms with E-state index in [1.807, 2.05) is 0 Å². The van der Waals surface area contributed by atoms with Crippen LogP contribution in [-0.4, -0.2) is 52.6 Å². The molecule has 2 bridgehead atoms. The lowest BCUT2D eigenvalue weighted by atomic mass is 9.98. The number of nitrogens with one attached hydrogen (secondary N) is 1. The zero-order chi connectivity index (χ0) is 14.3. The van der Waals surface area contributed by atoms with Crippen molar-refractivity contribution in [3.63, 3.8) is 0 Å².